The molecule has 0 bridgehead atoms. The van der Waals surface area contributed by atoms with Crippen LogP contribution in [-0.2, 0) is 32.0 Å². The SMILES string of the molecule is CCc1c(C(=O)C(C)=O)c2c(OCC(=O)OC(C)OC(=O)c3cccnc3)cccc2n1Cc1ccccc1. The van der Waals surface area contributed by atoms with Crippen LogP contribution in [0.3, 0.4) is 0 Å². The number of pyridine rings is 1. The number of carbonyl (C=O) groups excluding carboxylic acids is 4. The highest BCUT2D eigenvalue weighted by molar-refractivity contribution is 6.45. The van der Waals surface area contributed by atoms with Crippen LogP contribution in [0.15, 0.2) is 73.1 Å². The van der Waals surface area contributed by atoms with Crippen LogP contribution < -0.4 is 4.74 Å². The zero-order valence-corrected chi connectivity index (χ0v) is 21.9. The van der Waals surface area contributed by atoms with Crippen molar-refractivity contribution in [2.45, 2.75) is 40.0 Å². The Bertz CT molecular complexity index is 1510. The fraction of sp³-hybridized carbons (Fsp3) is 0.233. The van der Waals surface area contributed by atoms with Crippen LogP contribution >= 0.6 is 0 Å². The van der Waals surface area contributed by atoms with E-state index in [1.54, 1.807) is 18.2 Å². The van der Waals surface area contributed by atoms with Gasteiger partial charge in [-0.15, -0.1) is 0 Å². The highest BCUT2D eigenvalue weighted by Crippen LogP contribution is 2.35. The molecule has 9 heteroatoms. The zero-order valence-electron chi connectivity index (χ0n) is 21.9. The van der Waals surface area contributed by atoms with E-state index in [0.29, 0.717) is 29.6 Å². The summed E-state index contributed by atoms with van der Waals surface area (Å²) in [4.78, 5) is 53.8. The Morgan fingerprint density at radius 2 is 1.72 bits per heavy atom. The molecule has 0 saturated carbocycles. The minimum absolute atomic E-state index is 0.220. The maximum atomic E-state index is 13.1. The molecular formula is C30H28N2O7. The van der Waals surface area contributed by atoms with Crippen molar-refractivity contribution < 1.29 is 33.4 Å². The van der Waals surface area contributed by atoms with Crippen molar-refractivity contribution in [1.82, 2.24) is 9.55 Å². The van der Waals surface area contributed by atoms with Crippen LogP contribution in [0.2, 0.25) is 0 Å². The summed E-state index contributed by atoms with van der Waals surface area (Å²) in [6, 6.07) is 18.1. The third kappa shape index (κ3) is 6.20. The lowest BCUT2D eigenvalue weighted by Gasteiger charge is -2.15. The van der Waals surface area contributed by atoms with Crippen molar-refractivity contribution >= 4 is 34.4 Å². The summed E-state index contributed by atoms with van der Waals surface area (Å²) in [5, 5.41) is 0.453. The molecule has 1 atom stereocenters. The molecule has 1 unspecified atom stereocenters. The van der Waals surface area contributed by atoms with E-state index in [1.807, 2.05) is 47.9 Å². The summed E-state index contributed by atoms with van der Waals surface area (Å²) in [6.45, 7) is 4.54. The second-order valence-electron chi connectivity index (χ2n) is 8.78. The molecular weight excluding hydrogens is 500 g/mol. The topological polar surface area (TPSA) is 114 Å². The molecule has 0 aliphatic rings. The van der Waals surface area contributed by atoms with Gasteiger partial charge in [0.15, 0.2) is 12.4 Å². The minimum Gasteiger partial charge on any atom is -0.481 e. The van der Waals surface area contributed by atoms with E-state index in [0.717, 1.165) is 5.56 Å². The first-order chi connectivity index (χ1) is 18.8. The molecule has 9 nitrogen and oxygen atoms in total. The number of hydrogen-bond acceptors (Lipinski definition) is 8. The molecule has 2 aromatic carbocycles. The fourth-order valence-electron chi connectivity index (χ4n) is 4.36. The van der Waals surface area contributed by atoms with E-state index in [1.165, 1.54) is 32.3 Å². The van der Waals surface area contributed by atoms with Crippen LogP contribution in [0, 0.1) is 0 Å². The number of Topliss-reactive ketones (excluding diaryl/α,β-unsaturated/α-hetero) is 2. The van der Waals surface area contributed by atoms with Gasteiger partial charge >= 0.3 is 11.9 Å². The van der Waals surface area contributed by atoms with Gasteiger partial charge in [0.05, 0.1) is 22.0 Å². The molecule has 200 valence electrons. The van der Waals surface area contributed by atoms with Gasteiger partial charge < -0.3 is 18.8 Å². The fourth-order valence-corrected chi connectivity index (χ4v) is 4.36. The van der Waals surface area contributed by atoms with Crippen LogP contribution in [0.25, 0.3) is 10.9 Å². The standard InChI is InChI=1S/C30H28N2O7/c1-4-23-28(29(35)19(2)33)27-24(32(23)17-21-10-6-5-7-11-21)13-8-14-25(27)37-18-26(34)38-20(3)39-30(36)22-12-9-15-31-16-22/h5-16,20H,4,17-18H2,1-3H3. The Hall–Kier alpha value is -4.79. The maximum absolute atomic E-state index is 13.1. The third-order valence-electron chi connectivity index (χ3n) is 6.04. The number of nitrogens with zero attached hydrogens (tertiary/aromatic N) is 2. The second kappa shape index (κ2) is 12.2. The van der Waals surface area contributed by atoms with Crippen molar-refractivity contribution in [3.63, 3.8) is 0 Å². The van der Waals surface area contributed by atoms with Crippen LogP contribution in [-0.4, -0.2) is 46.0 Å². The summed E-state index contributed by atoms with van der Waals surface area (Å²) in [5.74, 6) is -2.43. The van der Waals surface area contributed by atoms with E-state index in [2.05, 4.69) is 4.98 Å². The zero-order chi connectivity index (χ0) is 27.9. The molecule has 4 aromatic rings. The summed E-state index contributed by atoms with van der Waals surface area (Å²) in [5.41, 5.74) is 2.90. The summed E-state index contributed by atoms with van der Waals surface area (Å²) in [7, 11) is 0. The molecule has 0 spiro atoms. The predicted octanol–water partition coefficient (Wildman–Crippen LogP) is 4.54. The average Bonchev–Trinajstić information content (AvgIpc) is 3.25. The van der Waals surface area contributed by atoms with Gasteiger partial charge in [0.25, 0.3) is 0 Å². The summed E-state index contributed by atoms with van der Waals surface area (Å²) in [6.07, 6.45) is 2.19. The second-order valence-corrected chi connectivity index (χ2v) is 8.78. The number of ketones is 2. The maximum Gasteiger partial charge on any atom is 0.347 e. The van der Waals surface area contributed by atoms with E-state index in [9.17, 15) is 19.2 Å². The van der Waals surface area contributed by atoms with Crippen molar-refractivity contribution in [1.29, 1.82) is 0 Å². The number of rotatable bonds is 11. The van der Waals surface area contributed by atoms with Gasteiger partial charge in [-0.2, -0.15) is 0 Å². The molecule has 0 aliphatic carbocycles. The molecule has 0 saturated heterocycles. The quantitative estimate of drug-likeness (QED) is 0.121. The number of benzene rings is 2. The molecule has 2 aromatic heterocycles. The van der Waals surface area contributed by atoms with Gasteiger partial charge in [0.2, 0.25) is 12.1 Å². The smallest absolute Gasteiger partial charge is 0.347 e. The molecule has 2 heterocycles. The largest absolute Gasteiger partial charge is 0.481 e. The van der Waals surface area contributed by atoms with E-state index < -0.39 is 36.4 Å². The average molecular weight is 529 g/mol. The molecule has 4 rings (SSSR count). The highest BCUT2D eigenvalue weighted by atomic mass is 16.7. The van der Waals surface area contributed by atoms with Gasteiger partial charge in [-0.05, 0) is 36.2 Å². The van der Waals surface area contributed by atoms with Crippen molar-refractivity contribution in [2.75, 3.05) is 6.61 Å². The number of esters is 2. The Balaban J connectivity index is 1.58. The molecule has 0 fully saturated rings. The van der Waals surface area contributed by atoms with E-state index >= 15 is 0 Å². The Morgan fingerprint density at radius 1 is 0.949 bits per heavy atom. The number of carbonyl (C=O) groups is 4. The van der Waals surface area contributed by atoms with Gasteiger partial charge in [-0.25, -0.2) is 9.59 Å². The Labute approximate surface area is 225 Å². The molecule has 39 heavy (non-hydrogen) atoms. The van der Waals surface area contributed by atoms with Crippen LogP contribution in [0.5, 0.6) is 5.75 Å². The highest BCUT2D eigenvalue weighted by Gasteiger charge is 2.27. The number of hydrogen-bond donors (Lipinski definition) is 0. The lowest BCUT2D eigenvalue weighted by molar-refractivity contribution is -0.167. The normalized spacial score (nSPS) is 11.6. The summed E-state index contributed by atoms with van der Waals surface area (Å²) < 4.78 is 18.1. The van der Waals surface area contributed by atoms with Gasteiger partial charge in [-0.1, -0.05) is 43.3 Å². The first-order valence-corrected chi connectivity index (χ1v) is 12.5. The first-order valence-electron chi connectivity index (χ1n) is 12.5. The number of fused-ring (bicyclic) bond motifs is 1. The monoisotopic (exact) mass is 528 g/mol. The minimum atomic E-state index is -1.17. The van der Waals surface area contributed by atoms with Gasteiger partial charge in [0.1, 0.15) is 5.75 Å². The van der Waals surface area contributed by atoms with Crippen molar-refractivity contribution in [3.05, 3.63) is 95.4 Å². The molecule has 0 amide bonds. The Kier molecular flexibility index (Phi) is 8.50. The molecule has 0 aliphatic heterocycles. The number of ether oxygens (including phenoxy) is 3. The predicted molar refractivity (Wildman–Crippen MR) is 143 cm³/mol. The third-order valence-corrected chi connectivity index (χ3v) is 6.04. The lowest BCUT2D eigenvalue weighted by atomic mass is 10.0. The van der Waals surface area contributed by atoms with Gasteiger partial charge in [0, 0.05) is 38.5 Å². The summed E-state index contributed by atoms with van der Waals surface area (Å²) >= 11 is 0. The van der Waals surface area contributed by atoms with Crippen molar-refractivity contribution in [3.8, 4) is 5.75 Å². The van der Waals surface area contributed by atoms with E-state index in [-0.39, 0.29) is 16.9 Å². The Morgan fingerprint density at radius 3 is 2.38 bits per heavy atom. The van der Waals surface area contributed by atoms with Crippen molar-refractivity contribution in [2.24, 2.45) is 0 Å². The van der Waals surface area contributed by atoms with Crippen LogP contribution in [0.4, 0.5) is 0 Å². The molecule has 0 N–H and O–H groups in total. The van der Waals surface area contributed by atoms with Crippen LogP contribution in [0.1, 0.15) is 52.7 Å². The van der Waals surface area contributed by atoms with E-state index in [4.69, 9.17) is 14.2 Å². The first kappa shape index (κ1) is 27.3. The number of aromatic nitrogens is 2. The lowest BCUT2D eigenvalue weighted by Crippen LogP contribution is -2.25. The van der Waals surface area contributed by atoms with Gasteiger partial charge in [-0.3, -0.25) is 14.6 Å². The molecule has 0 radical (unpaired) electrons.